The molecule has 0 aliphatic rings. The third-order valence-corrected chi connectivity index (χ3v) is 3.18. The molecule has 3 rings (SSSR count). The average molecular weight is 265 g/mol. The number of aryl methyl sites for hydroxylation is 1. The Morgan fingerprint density at radius 2 is 2.00 bits per heavy atom. The van der Waals surface area contributed by atoms with Gasteiger partial charge >= 0.3 is 0 Å². The summed E-state index contributed by atoms with van der Waals surface area (Å²) in [6.45, 7) is 1.73. The van der Waals surface area contributed by atoms with Crippen LogP contribution in [0.3, 0.4) is 0 Å². The molecule has 0 radical (unpaired) electrons. The Morgan fingerprint density at radius 1 is 1.15 bits per heavy atom. The molecule has 5 heteroatoms. The summed E-state index contributed by atoms with van der Waals surface area (Å²) < 4.78 is 0. The van der Waals surface area contributed by atoms with Gasteiger partial charge in [-0.3, -0.25) is 15.1 Å². The van der Waals surface area contributed by atoms with Gasteiger partial charge in [0.05, 0.1) is 21.5 Å². The predicted molar refractivity (Wildman–Crippen MR) is 76.4 cm³/mol. The maximum absolute atomic E-state index is 11.2. The van der Waals surface area contributed by atoms with E-state index >= 15 is 0 Å². The number of aromatic nitrogens is 2. The number of nitro groups is 1. The quantitative estimate of drug-likeness (QED) is 0.525. The molecular weight excluding hydrogens is 254 g/mol. The van der Waals surface area contributed by atoms with Crippen molar-refractivity contribution in [2.24, 2.45) is 0 Å². The van der Waals surface area contributed by atoms with Crippen LogP contribution in [0.25, 0.3) is 22.2 Å². The van der Waals surface area contributed by atoms with Gasteiger partial charge < -0.3 is 0 Å². The molecule has 0 fully saturated rings. The van der Waals surface area contributed by atoms with Gasteiger partial charge in [0.25, 0.3) is 5.69 Å². The average Bonchev–Trinajstić information content (AvgIpc) is 2.47. The second-order valence-corrected chi connectivity index (χ2v) is 4.49. The lowest BCUT2D eigenvalue weighted by molar-refractivity contribution is -0.383. The zero-order valence-corrected chi connectivity index (χ0v) is 10.8. The number of rotatable bonds is 2. The van der Waals surface area contributed by atoms with Crippen molar-refractivity contribution in [1.82, 2.24) is 9.97 Å². The van der Waals surface area contributed by atoms with Gasteiger partial charge in [-0.15, -0.1) is 0 Å². The van der Waals surface area contributed by atoms with Crippen molar-refractivity contribution < 1.29 is 4.92 Å². The minimum Gasteiger partial charge on any atom is -0.264 e. The minimum atomic E-state index is -0.358. The van der Waals surface area contributed by atoms with E-state index in [0.29, 0.717) is 16.5 Å². The molecule has 2 heterocycles. The van der Waals surface area contributed by atoms with Crippen LogP contribution in [-0.2, 0) is 0 Å². The Morgan fingerprint density at radius 3 is 2.70 bits per heavy atom. The van der Waals surface area contributed by atoms with Crippen LogP contribution < -0.4 is 0 Å². The summed E-state index contributed by atoms with van der Waals surface area (Å²) in [6.07, 6.45) is 3.41. The van der Waals surface area contributed by atoms with E-state index in [9.17, 15) is 10.1 Å². The van der Waals surface area contributed by atoms with Crippen molar-refractivity contribution >= 4 is 16.6 Å². The first kappa shape index (κ1) is 12.2. The Kier molecular flexibility index (Phi) is 2.87. The monoisotopic (exact) mass is 265 g/mol. The van der Waals surface area contributed by atoms with E-state index in [-0.39, 0.29) is 10.6 Å². The van der Waals surface area contributed by atoms with E-state index in [1.165, 1.54) is 0 Å². The third-order valence-electron chi connectivity index (χ3n) is 3.18. The van der Waals surface area contributed by atoms with Crippen molar-refractivity contribution in [2.45, 2.75) is 6.92 Å². The van der Waals surface area contributed by atoms with Gasteiger partial charge in [-0.25, -0.2) is 4.98 Å². The maximum atomic E-state index is 11.2. The standard InChI is InChI=1S/C15H11N3O2/c1-10-4-6-14-12(15(10)18(19)20)5-7-13(17-14)11-3-2-8-16-9-11/h2-9H,1H3. The number of benzene rings is 1. The normalized spacial score (nSPS) is 10.7. The fourth-order valence-corrected chi connectivity index (χ4v) is 2.21. The maximum Gasteiger partial charge on any atom is 0.281 e. The summed E-state index contributed by atoms with van der Waals surface area (Å²) in [4.78, 5) is 19.3. The van der Waals surface area contributed by atoms with Gasteiger partial charge in [0.15, 0.2) is 0 Å². The summed E-state index contributed by atoms with van der Waals surface area (Å²) in [6, 6.07) is 10.8. The van der Waals surface area contributed by atoms with Crippen molar-refractivity contribution in [3.05, 3.63) is 64.5 Å². The fourth-order valence-electron chi connectivity index (χ4n) is 2.21. The van der Waals surface area contributed by atoms with Crippen molar-refractivity contribution in [3.8, 4) is 11.3 Å². The second kappa shape index (κ2) is 4.70. The van der Waals surface area contributed by atoms with Gasteiger partial charge in [-0.05, 0) is 37.3 Å². The van der Waals surface area contributed by atoms with Crippen LogP contribution in [0.4, 0.5) is 5.69 Å². The van der Waals surface area contributed by atoms with E-state index in [4.69, 9.17) is 0 Å². The van der Waals surface area contributed by atoms with Crippen LogP contribution >= 0.6 is 0 Å². The molecule has 5 nitrogen and oxygen atoms in total. The van der Waals surface area contributed by atoms with Crippen LogP contribution in [-0.4, -0.2) is 14.9 Å². The summed E-state index contributed by atoms with van der Waals surface area (Å²) in [5.74, 6) is 0. The summed E-state index contributed by atoms with van der Waals surface area (Å²) in [5, 5.41) is 11.7. The molecule has 0 spiro atoms. The van der Waals surface area contributed by atoms with Gasteiger partial charge in [0.1, 0.15) is 0 Å². The molecule has 1 aromatic carbocycles. The van der Waals surface area contributed by atoms with Crippen LogP contribution in [0.15, 0.2) is 48.8 Å². The van der Waals surface area contributed by atoms with Crippen molar-refractivity contribution in [2.75, 3.05) is 0 Å². The van der Waals surface area contributed by atoms with Crippen molar-refractivity contribution in [1.29, 1.82) is 0 Å². The van der Waals surface area contributed by atoms with E-state index in [1.54, 1.807) is 43.6 Å². The van der Waals surface area contributed by atoms with E-state index in [2.05, 4.69) is 9.97 Å². The van der Waals surface area contributed by atoms with E-state index < -0.39 is 0 Å². The largest absolute Gasteiger partial charge is 0.281 e. The number of fused-ring (bicyclic) bond motifs is 1. The number of pyridine rings is 2. The third kappa shape index (κ3) is 1.99. The number of nitrogens with zero attached hydrogens (tertiary/aromatic N) is 3. The molecular formula is C15H11N3O2. The highest BCUT2D eigenvalue weighted by atomic mass is 16.6. The molecule has 0 atom stereocenters. The van der Waals surface area contributed by atoms with Gasteiger partial charge in [0, 0.05) is 23.5 Å². The molecule has 0 unspecified atom stereocenters. The van der Waals surface area contributed by atoms with Crippen LogP contribution in [0.2, 0.25) is 0 Å². The molecule has 98 valence electrons. The number of hydrogen-bond acceptors (Lipinski definition) is 4. The molecule has 0 amide bonds. The van der Waals surface area contributed by atoms with Gasteiger partial charge in [-0.2, -0.15) is 0 Å². The highest BCUT2D eigenvalue weighted by Gasteiger charge is 2.16. The number of nitro benzene ring substituents is 1. The molecule has 0 N–H and O–H groups in total. The zero-order chi connectivity index (χ0) is 14.1. The minimum absolute atomic E-state index is 0.118. The molecule has 2 aromatic heterocycles. The predicted octanol–water partition coefficient (Wildman–Crippen LogP) is 3.51. The fraction of sp³-hybridized carbons (Fsp3) is 0.0667. The molecule has 3 aromatic rings. The lowest BCUT2D eigenvalue weighted by Crippen LogP contribution is -1.95. The molecule has 20 heavy (non-hydrogen) atoms. The smallest absolute Gasteiger partial charge is 0.264 e. The van der Waals surface area contributed by atoms with Gasteiger partial charge in [0.2, 0.25) is 0 Å². The highest BCUT2D eigenvalue weighted by molar-refractivity contribution is 5.91. The first-order valence-corrected chi connectivity index (χ1v) is 6.12. The Bertz CT molecular complexity index is 801. The van der Waals surface area contributed by atoms with Crippen LogP contribution in [0.1, 0.15) is 5.56 Å². The molecule has 0 bridgehead atoms. The highest BCUT2D eigenvalue weighted by Crippen LogP contribution is 2.29. The summed E-state index contributed by atoms with van der Waals surface area (Å²) >= 11 is 0. The first-order valence-electron chi connectivity index (χ1n) is 6.12. The van der Waals surface area contributed by atoms with E-state index in [0.717, 1.165) is 11.3 Å². The lowest BCUT2D eigenvalue weighted by Gasteiger charge is -2.05. The second-order valence-electron chi connectivity index (χ2n) is 4.49. The van der Waals surface area contributed by atoms with Crippen molar-refractivity contribution in [3.63, 3.8) is 0 Å². The summed E-state index contributed by atoms with van der Waals surface area (Å²) in [7, 11) is 0. The SMILES string of the molecule is Cc1ccc2nc(-c3cccnc3)ccc2c1[N+](=O)[O-]. The molecule has 0 aliphatic carbocycles. The van der Waals surface area contributed by atoms with Crippen LogP contribution in [0, 0.1) is 17.0 Å². The molecule has 0 saturated heterocycles. The van der Waals surface area contributed by atoms with Crippen LogP contribution in [0.5, 0.6) is 0 Å². The summed E-state index contributed by atoms with van der Waals surface area (Å²) in [5.41, 5.74) is 3.01. The Hall–Kier alpha value is -2.82. The van der Waals surface area contributed by atoms with Gasteiger partial charge in [-0.1, -0.05) is 6.07 Å². The van der Waals surface area contributed by atoms with E-state index in [1.807, 2.05) is 12.1 Å². The Labute approximate surface area is 115 Å². The topological polar surface area (TPSA) is 68.9 Å². The Balaban J connectivity index is 2.24. The molecule has 0 saturated carbocycles. The lowest BCUT2D eigenvalue weighted by atomic mass is 10.1. The first-order chi connectivity index (χ1) is 9.66. The number of hydrogen-bond donors (Lipinski definition) is 0. The molecule has 0 aliphatic heterocycles. The zero-order valence-electron chi connectivity index (χ0n) is 10.8.